The maximum Gasteiger partial charge on any atom is 0.239 e. The van der Waals surface area contributed by atoms with E-state index in [9.17, 15) is 9.65 Å². The van der Waals surface area contributed by atoms with Crippen LogP contribution in [0, 0.1) is 11.3 Å². The number of piperazine rings is 1. The normalized spacial score (nSPS) is 24.6. The Balaban J connectivity index is 1.49. The molecule has 39 heavy (non-hydrogen) atoms. The Morgan fingerprint density at radius 1 is 1.36 bits per heavy atom. The molecule has 1 unspecified atom stereocenters. The Morgan fingerprint density at radius 2 is 2.13 bits per heavy atom. The molecule has 4 rings (SSSR count). The quantitative estimate of drug-likeness (QED) is 0.210. The van der Waals surface area contributed by atoms with Crippen LogP contribution in [0.5, 0.6) is 5.88 Å². The summed E-state index contributed by atoms with van der Waals surface area (Å²) >= 11 is 0. The standard InChI is InChI=1S/C27H37FN8O3/c1-5-6-23(39-22-9-10-31-15-20(22)28)27(2,18-29)34-26(30-3)33-24-8-7-21(25(32-24)37-4)36-13-11-35(12-14-36)19-16-38-17-19/h5-8,19-20,22,31H,1,3,9-17H2,2,4H3,(H,32,33,34)/b23-6+/t20-,22+,27?/m1/s1. The number of hydrogen-bond acceptors (Lipinski definition) is 9. The average Bonchev–Trinajstić information content (AvgIpc) is 2.93. The number of halogens is 1. The van der Waals surface area contributed by atoms with Crippen LogP contribution in [-0.2, 0) is 9.47 Å². The van der Waals surface area contributed by atoms with Gasteiger partial charge < -0.3 is 29.7 Å². The lowest BCUT2D eigenvalue weighted by molar-refractivity contribution is -0.0660. The maximum atomic E-state index is 14.4. The zero-order chi connectivity index (χ0) is 27.8. The lowest BCUT2D eigenvalue weighted by atomic mass is 10.0. The van der Waals surface area contributed by atoms with Crippen molar-refractivity contribution in [2.75, 3.05) is 69.8 Å². The predicted octanol–water partition coefficient (Wildman–Crippen LogP) is 2.15. The van der Waals surface area contributed by atoms with Gasteiger partial charge in [0.1, 0.15) is 35.6 Å². The number of anilines is 2. The fourth-order valence-corrected chi connectivity index (χ4v) is 4.74. The molecular formula is C27H37FN8O3. The van der Waals surface area contributed by atoms with Gasteiger partial charge in [0.05, 0.1) is 26.4 Å². The minimum absolute atomic E-state index is 0.0540. The first-order valence-corrected chi connectivity index (χ1v) is 13.1. The number of pyridine rings is 1. The van der Waals surface area contributed by atoms with Crippen LogP contribution in [0.4, 0.5) is 15.9 Å². The average molecular weight is 541 g/mol. The molecule has 0 aromatic carbocycles. The first-order valence-electron chi connectivity index (χ1n) is 13.1. The number of guanidine groups is 1. The van der Waals surface area contributed by atoms with Crippen LogP contribution in [-0.4, -0.2) is 106 Å². The molecule has 3 fully saturated rings. The topological polar surface area (TPSA) is 120 Å². The molecule has 0 bridgehead atoms. The molecule has 3 aliphatic rings. The van der Waals surface area contributed by atoms with Crippen LogP contribution < -0.4 is 20.3 Å². The lowest BCUT2D eigenvalue weighted by Gasteiger charge is -2.43. The maximum absolute atomic E-state index is 14.4. The fourth-order valence-electron chi connectivity index (χ4n) is 4.74. The van der Waals surface area contributed by atoms with Gasteiger partial charge in [-0.25, -0.2) is 14.4 Å². The highest BCUT2D eigenvalue weighted by Gasteiger charge is 2.36. The minimum atomic E-state index is -1.52. The second kappa shape index (κ2) is 13.0. The number of nitrogens with one attached hydrogen (secondary N) is 2. The van der Waals surface area contributed by atoms with Gasteiger partial charge in [-0.2, -0.15) is 10.2 Å². The molecule has 2 N–H and O–H groups in total. The summed E-state index contributed by atoms with van der Waals surface area (Å²) in [5.41, 5.74) is -0.621. The number of nitrogens with zero attached hydrogens (tertiary/aromatic N) is 6. The van der Waals surface area contributed by atoms with E-state index in [0.29, 0.717) is 30.7 Å². The molecule has 11 nitrogen and oxygen atoms in total. The van der Waals surface area contributed by atoms with E-state index in [4.69, 9.17) is 14.2 Å². The zero-order valence-electron chi connectivity index (χ0n) is 22.6. The molecule has 3 aliphatic heterocycles. The van der Waals surface area contributed by atoms with E-state index in [2.05, 4.69) is 54.8 Å². The second-order valence-corrected chi connectivity index (χ2v) is 9.77. The summed E-state index contributed by atoms with van der Waals surface area (Å²) < 4.78 is 31.3. The van der Waals surface area contributed by atoms with Crippen molar-refractivity contribution in [3.05, 3.63) is 36.6 Å². The molecule has 1 aromatic rings. The molecule has 12 heteroatoms. The van der Waals surface area contributed by atoms with Crippen LogP contribution in [0.25, 0.3) is 0 Å². The Kier molecular flexibility index (Phi) is 9.50. The van der Waals surface area contributed by atoms with E-state index in [1.54, 1.807) is 20.1 Å². The van der Waals surface area contributed by atoms with Crippen molar-refractivity contribution in [2.45, 2.75) is 37.2 Å². The van der Waals surface area contributed by atoms with Crippen molar-refractivity contribution in [3.8, 4) is 11.9 Å². The zero-order valence-corrected chi connectivity index (χ0v) is 22.6. The molecule has 3 saturated heterocycles. The third kappa shape index (κ3) is 6.73. The van der Waals surface area contributed by atoms with Gasteiger partial charge in [-0.05, 0) is 44.8 Å². The summed E-state index contributed by atoms with van der Waals surface area (Å²) in [6.45, 7) is 14.9. The van der Waals surface area contributed by atoms with Crippen LogP contribution in [0.3, 0.4) is 0 Å². The number of allylic oxidation sites excluding steroid dienone is 2. The molecule has 0 radical (unpaired) electrons. The number of hydrogen-bond donors (Lipinski definition) is 2. The molecular weight excluding hydrogens is 503 g/mol. The van der Waals surface area contributed by atoms with Gasteiger partial charge in [0, 0.05) is 32.7 Å². The summed E-state index contributed by atoms with van der Waals surface area (Å²) in [6, 6.07) is 6.41. The fraction of sp³-hybridized carbons (Fsp3) is 0.556. The largest absolute Gasteiger partial charge is 0.488 e. The number of piperidine rings is 1. The Hall–Kier alpha value is -3.53. The van der Waals surface area contributed by atoms with Crippen molar-refractivity contribution in [2.24, 2.45) is 9.98 Å². The smallest absolute Gasteiger partial charge is 0.239 e. The molecule has 0 amide bonds. The van der Waals surface area contributed by atoms with Crippen molar-refractivity contribution >= 4 is 24.2 Å². The summed E-state index contributed by atoms with van der Waals surface area (Å²) in [6.07, 6.45) is 1.56. The molecule has 210 valence electrons. The Bertz CT molecular complexity index is 1130. The van der Waals surface area contributed by atoms with Crippen molar-refractivity contribution in [1.29, 1.82) is 5.26 Å². The third-order valence-corrected chi connectivity index (χ3v) is 7.14. The SMILES string of the molecule is C=C/C=C(/O[C@H]1CCNC[C@H]1F)C(C)(C#N)N=C(N=C)Nc1ccc(N2CCN(C3COC3)CC2)c(OC)n1. The third-order valence-electron chi connectivity index (χ3n) is 7.14. The first kappa shape index (κ1) is 28.5. The number of alkyl halides is 1. The number of ether oxygens (including phenoxy) is 3. The highest BCUT2D eigenvalue weighted by Crippen LogP contribution is 2.30. The lowest BCUT2D eigenvalue weighted by Crippen LogP contribution is -2.56. The molecule has 0 aliphatic carbocycles. The van der Waals surface area contributed by atoms with E-state index >= 15 is 0 Å². The van der Waals surface area contributed by atoms with Gasteiger partial charge in [0.15, 0.2) is 0 Å². The molecule has 4 heterocycles. The highest BCUT2D eigenvalue weighted by atomic mass is 19.1. The van der Waals surface area contributed by atoms with E-state index in [-0.39, 0.29) is 18.3 Å². The van der Waals surface area contributed by atoms with Gasteiger partial charge in [-0.3, -0.25) is 4.90 Å². The van der Waals surface area contributed by atoms with Crippen LogP contribution >= 0.6 is 0 Å². The summed E-state index contributed by atoms with van der Waals surface area (Å²) in [5.74, 6) is 1.11. The van der Waals surface area contributed by atoms with E-state index < -0.39 is 17.8 Å². The second-order valence-electron chi connectivity index (χ2n) is 9.77. The number of rotatable bonds is 9. The van der Waals surface area contributed by atoms with Crippen molar-refractivity contribution < 1.29 is 18.6 Å². The summed E-state index contributed by atoms with van der Waals surface area (Å²) in [5, 5.41) is 16.1. The molecule has 0 saturated carbocycles. The molecule has 1 aromatic heterocycles. The van der Waals surface area contributed by atoms with Crippen LogP contribution in [0.15, 0.2) is 46.6 Å². The van der Waals surface area contributed by atoms with Crippen LogP contribution in [0.2, 0.25) is 0 Å². The van der Waals surface area contributed by atoms with Gasteiger partial charge in [0.25, 0.3) is 0 Å². The predicted molar refractivity (Wildman–Crippen MR) is 149 cm³/mol. The monoisotopic (exact) mass is 540 g/mol. The van der Waals surface area contributed by atoms with Crippen LogP contribution in [0.1, 0.15) is 13.3 Å². The van der Waals surface area contributed by atoms with E-state index in [1.165, 1.54) is 12.2 Å². The van der Waals surface area contributed by atoms with Gasteiger partial charge >= 0.3 is 0 Å². The van der Waals surface area contributed by atoms with Gasteiger partial charge in [0.2, 0.25) is 17.4 Å². The Labute approximate surface area is 229 Å². The van der Waals surface area contributed by atoms with E-state index in [0.717, 1.165) is 45.1 Å². The van der Waals surface area contributed by atoms with Crippen molar-refractivity contribution in [3.63, 3.8) is 0 Å². The van der Waals surface area contributed by atoms with Gasteiger partial charge in [-0.15, -0.1) is 0 Å². The number of aromatic nitrogens is 1. The number of methoxy groups -OCH3 is 1. The van der Waals surface area contributed by atoms with Gasteiger partial charge in [-0.1, -0.05) is 12.7 Å². The highest BCUT2D eigenvalue weighted by molar-refractivity contribution is 5.96. The number of aliphatic imine (C=N–C) groups is 2. The summed E-state index contributed by atoms with van der Waals surface area (Å²) in [7, 11) is 1.58. The van der Waals surface area contributed by atoms with Crippen molar-refractivity contribution in [1.82, 2.24) is 15.2 Å². The Morgan fingerprint density at radius 3 is 2.72 bits per heavy atom. The number of nitriles is 1. The molecule has 0 spiro atoms. The summed E-state index contributed by atoms with van der Waals surface area (Å²) in [4.78, 5) is 17.8. The molecule has 3 atom stereocenters. The minimum Gasteiger partial charge on any atom is -0.488 e. The first-order chi connectivity index (χ1) is 18.9. The van der Waals surface area contributed by atoms with E-state index in [1.807, 2.05) is 6.07 Å².